The number of ketones is 1. The van der Waals surface area contributed by atoms with Crippen LogP contribution in [0.2, 0.25) is 0 Å². The Bertz CT molecular complexity index is 816. The Kier molecular flexibility index (Phi) is 4.09. The van der Waals surface area contributed by atoms with Gasteiger partial charge in [-0.15, -0.1) is 22.7 Å². The molecule has 0 saturated heterocycles. The average molecular weight is 330 g/mol. The molecular formula is C17H14O3S2. The van der Waals surface area contributed by atoms with Gasteiger partial charge < -0.3 is 5.11 Å². The van der Waals surface area contributed by atoms with Crippen LogP contribution in [0.4, 0.5) is 0 Å². The van der Waals surface area contributed by atoms with Crippen molar-refractivity contribution in [3.8, 4) is 0 Å². The lowest BCUT2D eigenvalue weighted by Crippen LogP contribution is -2.11. The van der Waals surface area contributed by atoms with Gasteiger partial charge in [-0.25, -0.2) is 0 Å². The highest BCUT2D eigenvalue weighted by Gasteiger charge is 2.20. The molecule has 0 aliphatic heterocycles. The first-order chi connectivity index (χ1) is 10.6. The van der Waals surface area contributed by atoms with Crippen LogP contribution in [0.1, 0.15) is 40.1 Å². The van der Waals surface area contributed by atoms with Gasteiger partial charge in [0.1, 0.15) is 0 Å². The first-order valence-corrected chi connectivity index (χ1v) is 8.64. The molecule has 1 aromatic carbocycles. The molecule has 3 rings (SSSR count). The predicted molar refractivity (Wildman–Crippen MR) is 90.2 cm³/mol. The molecule has 3 aromatic rings. The number of carboxylic acid groups (broad SMARTS) is 1. The molecule has 1 unspecified atom stereocenters. The molecule has 3 nitrogen and oxygen atoms in total. The van der Waals surface area contributed by atoms with Gasteiger partial charge in [-0.05, 0) is 35.6 Å². The van der Waals surface area contributed by atoms with Gasteiger partial charge in [0.25, 0.3) is 0 Å². The maximum absolute atomic E-state index is 12.6. The third-order valence-electron chi connectivity index (χ3n) is 3.63. The summed E-state index contributed by atoms with van der Waals surface area (Å²) >= 11 is 3.11. The van der Waals surface area contributed by atoms with Gasteiger partial charge in [0.2, 0.25) is 5.78 Å². The number of benzene rings is 1. The molecule has 0 saturated carbocycles. The average Bonchev–Trinajstić information content (AvgIpc) is 3.08. The molecule has 2 aromatic heterocycles. The maximum atomic E-state index is 12.6. The van der Waals surface area contributed by atoms with E-state index in [2.05, 4.69) is 0 Å². The molecule has 0 radical (unpaired) electrons. The smallest absolute Gasteiger partial charge is 0.310 e. The molecule has 0 bridgehead atoms. The first kappa shape index (κ1) is 14.9. The van der Waals surface area contributed by atoms with E-state index >= 15 is 0 Å². The lowest BCUT2D eigenvalue weighted by molar-refractivity contribution is -0.138. The Hall–Kier alpha value is -1.98. The minimum atomic E-state index is -0.858. The topological polar surface area (TPSA) is 54.4 Å². The van der Waals surface area contributed by atoms with Crippen LogP contribution in [-0.2, 0) is 4.79 Å². The molecule has 112 valence electrons. The summed E-state index contributed by atoms with van der Waals surface area (Å²) in [6.07, 6.45) is 0.502. The second-order valence-corrected chi connectivity index (χ2v) is 7.25. The van der Waals surface area contributed by atoms with Gasteiger partial charge in [0.05, 0.1) is 14.8 Å². The molecular weight excluding hydrogens is 316 g/mol. The zero-order chi connectivity index (χ0) is 15.7. The standard InChI is InChI=1S/C17H14O3S2/c1-2-13(16(19)20)10-4-3-5-11(8-10)15(18)14-9-12-6-7-21-17(12)22-14/h3-9,13H,2H2,1H3,(H,19,20). The molecule has 0 aliphatic rings. The lowest BCUT2D eigenvalue weighted by atomic mass is 9.94. The summed E-state index contributed by atoms with van der Waals surface area (Å²) in [4.78, 5) is 24.6. The fourth-order valence-electron chi connectivity index (χ4n) is 2.47. The third kappa shape index (κ3) is 2.69. The summed E-state index contributed by atoms with van der Waals surface area (Å²) in [5.41, 5.74) is 1.23. The second kappa shape index (κ2) is 6.02. The van der Waals surface area contributed by atoms with Crippen LogP contribution in [0.3, 0.4) is 0 Å². The van der Waals surface area contributed by atoms with Crippen LogP contribution in [0.15, 0.2) is 41.8 Å². The molecule has 1 N–H and O–H groups in total. The maximum Gasteiger partial charge on any atom is 0.310 e. The van der Waals surface area contributed by atoms with Crippen molar-refractivity contribution in [1.82, 2.24) is 0 Å². The molecule has 1 atom stereocenters. The Morgan fingerprint density at radius 3 is 2.73 bits per heavy atom. The normalized spacial score (nSPS) is 12.4. The van der Waals surface area contributed by atoms with Gasteiger partial charge >= 0.3 is 5.97 Å². The van der Waals surface area contributed by atoms with Crippen LogP contribution in [0.25, 0.3) is 9.40 Å². The highest BCUT2D eigenvalue weighted by molar-refractivity contribution is 7.38. The number of carboxylic acids is 1. The van der Waals surface area contributed by atoms with Crippen molar-refractivity contribution in [2.75, 3.05) is 0 Å². The summed E-state index contributed by atoms with van der Waals surface area (Å²) < 4.78 is 1.14. The number of rotatable bonds is 5. The van der Waals surface area contributed by atoms with Crippen molar-refractivity contribution in [3.05, 3.63) is 57.8 Å². The van der Waals surface area contributed by atoms with Crippen LogP contribution < -0.4 is 0 Å². The predicted octanol–water partition coefficient (Wildman–Crippen LogP) is 4.77. The van der Waals surface area contributed by atoms with E-state index in [1.807, 2.05) is 24.4 Å². The zero-order valence-electron chi connectivity index (χ0n) is 11.9. The van der Waals surface area contributed by atoms with Crippen LogP contribution in [0, 0.1) is 0 Å². The van der Waals surface area contributed by atoms with E-state index in [-0.39, 0.29) is 5.78 Å². The molecule has 0 fully saturated rings. The van der Waals surface area contributed by atoms with Gasteiger partial charge in [0, 0.05) is 10.9 Å². The fourth-order valence-corrected chi connectivity index (χ4v) is 4.54. The number of hydrogen-bond donors (Lipinski definition) is 1. The summed E-state index contributed by atoms with van der Waals surface area (Å²) in [6, 6.07) is 10.9. The highest BCUT2D eigenvalue weighted by atomic mass is 32.2. The van der Waals surface area contributed by atoms with Crippen LogP contribution >= 0.6 is 22.7 Å². The van der Waals surface area contributed by atoms with Crippen molar-refractivity contribution >= 4 is 43.8 Å². The molecule has 0 aliphatic carbocycles. The fraction of sp³-hybridized carbons (Fsp3) is 0.176. The van der Waals surface area contributed by atoms with Crippen LogP contribution in [0.5, 0.6) is 0 Å². The van der Waals surface area contributed by atoms with Crippen molar-refractivity contribution in [1.29, 1.82) is 0 Å². The van der Waals surface area contributed by atoms with Gasteiger partial charge in [-0.1, -0.05) is 25.1 Å². The number of fused-ring (bicyclic) bond motifs is 1. The second-order valence-electron chi connectivity index (χ2n) is 5.03. The Morgan fingerprint density at radius 1 is 1.23 bits per heavy atom. The summed E-state index contributed by atoms with van der Waals surface area (Å²) in [7, 11) is 0. The Balaban J connectivity index is 1.95. The SMILES string of the molecule is CCC(C(=O)O)c1cccc(C(=O)c2cc3ccsc3s2)c1. The number of hydrogen-bond acceptors (Lipinski definition) is 4. The number of carbonyl (C=O) groups is 2. The van der Waals surface area contributed by atoms with E-state index in [1.165, 1.54) is 11.3 Å². The van der Waals surface area contributed by atoms with E-state index in [1.54, 1.807) is 35.6 Å². The van der Waals surface area contributed by atoms with Gasteiger partial charge in [-0.2, -0.15) is 0 Å². The third-order valence-corrected chi connectivity index (χ3v) is 5.83. The minimum absolute atomic E-state index is 0.0458. The van der Waals surface area contributed by atoms with Crippen molar-refractivity contribution in [2.45, 2.75) is 19.3 Å². The highest BCUT2D eigenvalue weighted by Crippen LogP contribution is 2.32. The van der Waals surface area contributed by atoms with E-state index in [9.17, 15) is 14.7 Å². The summed E-state index contributed by atoms with van der Waals surface area (Å²) in [5, 5.41) is 12.4. The lowest BCUT2D eigenvalue weighted by Gasteiger charge is -2.11. The van der Waals surface area contributed by atoms with E-state index in [0.29, 0.717) is 22.4 Å². The quantitative estimate of drug-likeness (QED) is 0.685. The van der Waals surface area contributed by atoms with Gasteiger partial charge in [-0.3, -0.25) is 9.59 Å². The Morgan fingerprint density at radius 2 is 2.05 bits per heavy atom. The van der Waals surface area contributed by atoms with Crippen molar-refractivity contribution in [3.63, 3.8) is 0 Å². The van der Waals surface area contributed by atoms with E-state index in [4.69, 9.17) is 0 Å². The summed E-state index contributed by atoms with van der Waals surface area (Å²) in [6.45, 7) is 1.83. The minimum Gasteiger partial charge on any atom is -0.481 e. The first-order valence-electron chi connectivity index (χ1n) is 6.94. The van der Waals surface area contributed by atoms with E-state index in [0.717, 1.165) is 9.40 Å². The molecule has 0 spiro atoms. The largest absolute Gasteiger partial charge is 0.481 e. The molecule has 22 heavy (non-hydrogen) atoms. The molecule has 2 heterocycles. The number of aliphatic carboxylic acids is 1. The Labute approximate surface area is 135 Å². The van der Waals surface area contributed by atoms with Crippen molar-refractivity contribution < 1.29 is 14.7 Å². The molecule has 5 heteroatoms. The van der Waals surface area contributed by atoms with Crippen molar-refractivity contribution in [2.24, 2.45) is 0 Å². The van der Waals surface area contributed by atoms with E-state index < -0.39 is 11.9 Å². The van der Waals surface area contributed by atoms with Gasteiger partial charge in [0.15, 0.2) is 0 Å². The summed E-state index contributed by atoms with van der Waals surface area (Å²) in [5.74, 6) is -1.47. The number of carbonyl (C=O) groups excluding carboxylic acids is 1. The number of thiophene rings is 2. The van der Waals surface area contributed by atoms with Crippen LogP contribution in [-0.4, -0.2) is 16.9 Å². The monoisotopic (exact) mass is 330 g/mol. The molecule has 0 amide bonds. The zero-order valence-corrected chi connectivity index (χ0v) is 13.5.